The molecule has 2 rings (SSSR count). The van der Waals surface area contributed by atoms with Crippen LogP contribution < -0.4 is 0 Å². The van der Waals surface area contributed by atoms with Crippen LogP contribution in [0.5, 0.6) is 0 Å². The van der Waals surface area contributed by atoms with Crippen molar-refractivity contribution < 1.29 is 13.2 Å². The molecular formula is C9H4F3N3S. The van der Waals surface area contributed by atoms with E-state index in [-0.39, 0.29) is 10.2 Å². The van der Waals surface area contributed by atoms with Gasteiger partial charge in [-0.3, -0.25) is 0 Å². The molecular weight excluding hydrogens is 239 g/mol. The van der Waals surface area contributed by atoms with Gasteiger partial charge in [0.1, 0.15) is 5.03 Å². The summed E-state index contributed by atoms with van der Waals surface area (Å²) in [7, 11) is 0. The highest BCUT2D eigenvalue weighted by Crippen LogP contribution is 2.25. The molecule has 7 heteroatoms. The van der Waals surface area contributed by atoms with Crippen LogP contribution in [0.3, 0.4) is 0 Å². The summed E-state index contributed by atoms with van der Waals surface area (Å²) >= 11 is 0.722. The number of pyridine rings is 1. The summed E-state index contributed by atoms with van der Waals surface area (Å²) in [5.74, 6) is -3.62. The van der Waals surface area contributed by atoms with Gasteiger partial charge in [-0.15, -0.1) is 0 Å². The van der Waals surface area contributed by atoms with Crippen LogP contribution in [0.25, 0.3) is 0 Å². The number of aromatic nitrogens is 3. The standard InChI is InChI=1S/C9H4F3N3S/c10-5-4-6(11)8(15-7(5)12)16-9-13-2-1-3-14-9/h1-4H. The van der Waals surface area contributed by atoms with Crippen molar-refractivity contribution in [1.82, 2.24) is 15.0 Å². The highest BCUT2D eigenvalue weighted by molar-refractivity contribution is 7.99. The molecule has 2 heterocycles. The summed E-state index contributed by atoms with van der Waals surface area (Å²) in [4.78, 5) is 10.7. The lowest BCUT2D eigenvalue weighted by atomic mass is 10.4. The molecule has 82 valence electrons. The third kappa shape index (κ3) is 2.30. The summed E-state index contributed by atoms with van der Waals surface area (Å²) < 4.78 is 38.5. The topological polar surface area (TPSA) is 38.7 Å². The summed E-state index contributed by atoms with van der Waals surface area (Å²) in [6, 6.07) is 2.02. The fraction of sp³-hybridized carbons (Fsp3) is 0. The first-order valence-corrected chi connectivity index (χ1v) is 4.95. The highest BCUT2D eigenvalue weighted by Gasteiger charge is 2.13. The van der Waals surface area contributed by atoms with Gasteiger partial charge in [0.15, 0.2) is 16.8 Å². The van der Waals surface area contributed by atoms with Gasteiger partial charge in [-0.25, -0.2) is 23.7 Å². The van der Waals surface area contributed by atoms with E-state index in [1.807, 2.05) is 0 Å². The Hall–Kier alpha value is -1.63. The molecule has 0 saturated carbocycles. The summed E-state index contributed by atoms with van der Waals surface area (Å²) in [5.41, 5.74) is 0. The Morgan fingerprint density at radius 2 is 1.69 bits per heavy atom. The average molecular weight is 243 g/mol. The molecule has 0 bridgehead atoms. The number of hydrogen-bond acceptors (Lipinski definition) is 4. The zero-order valence-corrected chi connectivity index (χ0v) is 8.51. The maximum absolute atomic E-state index is 13.2. The molecule has 0 atom stereocenters. The monoisotopic (exact) mass is 243 g/mol. The lowest BCUT2D eigenvalue weighted by Crippen LogP contribution is -1.96. The number of nitrogens with zero attached hydrogens (tertiary/aromatic N) is 3. The minimum atomic E-state index is -1.35. The first kappa shape index (κ1) is 10.9. The maximum Gasteiger partial charge on any atom is 0.250 e. The average Bonchev–Trinajstić information content (AvgIpc) is 2.27. The van der Waals surface area contributed by atoms with E-state index in [0.717, 1.165) is 11.8 Å². The SMILES string of the molecule is Fc1cc(F)c(Sc2ncccn2)nc1F. The van der Waals surface area contributed by atoms with E-state index < -0.39 is 17.6 Å². The Balaban J connectivity index is 2.32. The molecule has 0 aromatic carbocycles. The van der Waals surface area contributed by atoms with Crippen molar-refractivity contribution in [3.8, 4) is 0 Å². The number of halogens is 3. The molecule has 3 nitrogen and oxygen atoms in total. The molecule has 2 aromatic heterocycles. The van der Waals surface area contributed by atoms with Gasteiger partial charge in [0, 0.05) is 18.5 Å². The van der Waals surface area contributed by atoms with Crippen molar-refractivity contribution in [3.05, 3.63) is 42.1 Å². The quantitative estimate of drug-likeness (QED) is 0.600. The van der Waals surface area contributed by atoms with Crippen LogP contribution in [0.15, 0.2) is 34.7 Å². The van der Waals surface area contributed by atoms with E-state index in [1.54, 1.807) is 6.07 Å². The summed E-state index contributed by atoms with van der Waals surface area (Å²) in [6.45, 7) is 0. The smallest absolute Gasteiger partial charge is 0.231 e. The lowest BCUT2D eigenvalue weighted by molar-refractivity contribution is 0.448. The van der Waals surface area contributed by atoms with Crippen molar-refractivity contribution in [2.45, 2.75) is 10.2 Å². The van der Waals surface area contributed by atoms with E-state index in [1.165, 1.54) is 12.4 Å². The Kier molecular flexibility index (Phi) is 3.04. The van der Waals surface area contributed by atoms with E-state index in [2.05, 4.69) is 15.0 Å². The molecule has 0 fully saturated rings. The molecule has 0 radical (unpaired) electrons. The first-order valence-electron chi connectivity index (χ1n) is 4.13. The second-order valence-electron chi connectivity index (χ2n) is 2.68. The first-order chi connectivity index (χ1) is 7.66. The van der Waals surface area contributed by atoms with Gasteiger partial charge in [0.05, 0.1) is 0 Å². The predicted molar refractivity (Wildman–Crippen MR) is 50.3 cm³/mol. The van der Waals surface area contributed by atoms with Crippen molar-refractivity contribution in [3.63, 3.8) is 0 Å². The molecule has 0 spiro atoms. The van der Waals surface area contributed by atoms with E-state index in [0.29, 0.717) is 6.07 Å². The van der Waals surface area contributed by atoms with Gasteiger partial charge < -0.3 is 0 Å². The highest BCUT2D eigenvalue weighted by atomic mass is 32.2. The van der Waals surface area contributed by atoms with Gasteiger partial charge in [0.2, 0.25) is 5.95 Å². The van der Waals surface area contributed by atoms with Crippen LogP contribution in [-0.4, -0.2) is 15.0 Å². The Bertz CT molecular complexity index is 507. The zero-order chi connectivity index (χ0) is 11.5. The Labute approximate surface area is 92.8 Å². The van der Waals surface area contributed by atoms with Crippen LogP contribution >= 0.6 is 11.8 Å². The molecule has 0 amide bonds. The second-order valence-corrected chi connectivity index (χ2v) is 3.64. The Morgan fingerprint density at radius 1 is 1.00 bits per heavy atom. The van der Waals surface area contributed by atoms with Crippen LogP contribution in [-0.2, 0) is 0 Å². The molecule has 2 aromatic rings. The number of rotatable bonds is 2. The molecule has 0 unspecified atom stereocenters. The minimum Gasteiger partial charge on any atom is -0.231 e. The van der Waals surface area contributed by atoms with Crippen LogP contribution in [0, 0.1) is 17.6 Å². The fourth-order valence-corrected chi connectivity index (χ4v) is 1.61. The minimum absolute atomic E-state index is 0.208. The van der Waals surface area contributed by atoms with E-state index in [4.69, 9.17) is 0 Å². The predicted octanol–water partition coefficient (Wildman–Crippen LogP) is 2.44. The molecule has 0 aliphatic carbocycles. The largest absolute Gasteiger partial charge is 0.250 e. The van der Waals surface area contributed by atoms with Crippen molar-refractivity contribution in [2.24, 2.45) is 0 Å². The van der Waals surface area contributed by atoms with E-state index in [9.17, 15) is 13.2 Å². The van der Waals surface area contributed by atoms with Gasteiger partial charge in [-0.1, -0.05) is 0 Å². The molecule has 0 saturated heterocycles. The second kappa shape index (κ2) is 4.48. The Morgan fingerprint density at radius 3 is 2.38 bits per heavy atom. The third-order valence-corrected chi connectivity index (χ3v) is 2.46. The fourth-order valence-electron chi connectivity index (χ4n) is 0.925. The number of hydrogen-bond donors (Lipinski definition) is 0. The molecule has 16 heavy (non-hydrogen) atoms. The summed E-state index contributed by atoms with van der Waals surface area (Å²) in [5, 5.41) is -0.0926. The van der Waals surface area contributed by atoms with Crippen molar-refractivity contribution in [2.75, 3.05) is 0 Å². The van der Waals surface area contributed by atoms with Gasteiger partial charge >= 0.3 is 0 Å². The van der Waals surface area contributed by atoms with Crippen LogP contribution in [0.2, 0.25) is 0 Å². The van der Waals surface area contributed by atoms with Gasteiger partial charge in [0.25, 0.3) is 0 Å². The van der Waals surface area contributed by atoms with Crippen LogP contribution in [0.4, 0.5) is 13.2 Å². The van der Waals surface area contributed by atoms with Crippen molar-refractivity contribution in [1.29, 1.82) is 0 Å². The van der Waals surface area contributed by atoms with Gasteiger partial charge in [-0.2, -0.15) is 4.39 Å². The summed E-state index contributed by atoms with van der Waals surface area (Å²) in [6.07, 6.45) is 2.90. The zero-order valence-electron chi connectivity index (χ0n) is 7.69. The van der Waals surface area contributed by atoms with Crippen molar-refractivity contribution >= 4 is 11.8 Å². The normalized spacial score (nSPS) is 10.4. The molecule has 0 aliphatic rings. The lowest BCUT2D eigenvalue weighted by Gasteiger charge is -2.01. The van der Waals surface area contributed by atoms with Crippen LogP contribution in [0.1, 0.15) is 0 Å². The maximum atomic E-state index is 13.2. The molecule has 0 aliphatic heterocycles. The third-order valence-electron chi connectivity index (χ3n) is 1.58. The molecule has 0 N–H and O–H groups in total. The van der Waals surface area contributed by atoms with E-state index >= 15 is 0 Å². The van der Waals surface area contributed by atoms with Gasteiger partial charge in [-0.05, 0) is 17.8 Å².